The van der Waals surface area contributed by atoms with Gasteiger partial charge in [-0.05, 0) is 18.2 Å². The van der Waals surface area contributed by atoms with Crippen molar-refractivity contribution in [1.82, 2.24) is 4.98 Å². The number of benzene rings is 1. The van der Waals surface area contributed by atoms with E-state index in [1.54, 1.807) is 0 Å². The summed E-state index contributed by atoms with van der Waals surface area (Å²) in [5.74, 6) is -0.0440. The first-order chi connectivity index (χ1) is 9.44. The van der Waals surface area contributed by atoms with Crippen LogP contribution in [-0.4, -0.2) is 21.9 Å². The van der Waals surface area contributed by atoms with Gasteiger partial charge in [-0.2, -0.15) is 0 Å². The van der Waals surface area contributed by atoms with Gasteiger partial charge in [-0.25, -0.2) is 4.57 Å². The van der Waals surface area contributed by atoms with Crippen LogP contribution in [0, 0.1) is 10.1 Å². The summed E-state index contributed by atoms with van der Waals surface area (Å²) >= 11 is 0. The van der Waals surface area contributed by atoms with Crippen molar-refractivity contribution in [1.29, 1.82) is 0 Å². The molecule has 0 bridgehead atoms. The molecule has 10 heteroatoms. The van der Waals surface area contributed by atoms with E-state index in [9.17, 15) is 14.7 Å². The highest BCUT2D eigenvalue weighted by atomic mass is 31.2. The second kappa shape index (κ2) is 5.51. The van der Waals surface area contributed by atoms with Crippen molar-refractivity contribution in [3.8, 4) is 5.75 Å². The quantitative estimate of drug-likeness (QED) is 0.386. The summed E-state index contributed by atoms with van der Waals surface area (Å²) in [6.07, 6.45) is 1.40. The van der Waals surface area contributed by atoms with Crippen molar-refractivity contribution in [2.24, 2.45) is 0 Å². The monoisotopic (exact) mass is 300 g/mol. The van der Waals surface area contributed by atoms with Crippen LogP contribution < -0.4 is 4.89 Å². The molecule has 1 N–H and O–H groups in total. The molecule has 0 radical (unpaired) electrons. The molecule has 0 aliphatic carbocycles. The Morgan fingerprint density at radius 2 is 2.15 bits per heavy atom. The Kier molecular flexibility index (Phi) is 3.96. The fraction of sp³-hybridized carbons (Fsp3) is 0.100. The Labute approximate surface area is 112 Å². The van der Waals surface area contributed by atoms with Crippen LogP contribution in [0.25, 0.3) is 10.9 Å². The molecule has 2 aromatic rings. The van der Waals surface area contributed by atoms with Crippen LogP contribution in [-0.2, 0) is 13.8 Å². The van der Waals surface area contributed by atoms with Crippen LogP contribution >= 0.6 is 7.82 Å². The third-order valence-electron chi connectivity index (χ3n) is 2.36. The molecule has 1 atom stereocenters. The topological polar surface area (TPSA) is 121 Å². The lowest BCUT2D eigenvalue weighted by Crippen LogP contribution is -1.99. The number of phosphoric acid groups is 1. The lowest BCUT2D eigenvalue weighted by molar-refractivity contribution is -0.383. The Morgan fingerprint density at radius 1 is 1.40 bits per heavy atom. The van der Waals surface area contributed by atoms with Crippen molar-refractivity contribution in [3.63, 3.8) is 0 Å². The maximum absolute atomic E-state index is 11.1. The normalized spacial score (nSPS) is 13.9. The minimum Gasteiger partial charge on any atom is -0.325 e. The highest BCUT2D eigenvalue weighted by Gasteiger charge is 2.23. The fourth-order valence-electron chi connectivity index (χ4n) is 1.48. The Morgan fingerprint density at radius 3 is 2.80 bits per heavy atom. The third-order valence-corrected chi connectivity index (χ3v) is 3.08. The van der Waals surface area contributed by atoms with E-state index in [1.165, 1.54) is 30.5 Å². The number of hydrogen-bond donors (Lipinski definition) is 1. The minimum atomic E-state index is -4.33. The first-order valence-corrected chi connectivity index (χ1v) is 6.71. The summed E-state index contributed by atoms with van der Waals surface area (Å²) in [6.45, 7) is 0. The first-order valence-electron chi connectivity index (χ1n) is 5.21. The molecule has 0 saturated carbocycles. The minimum absolute atomic E-state index is 0.0440. The first kappa shape index (κ1) is 14.4. The van der Waals surface area contributed by atoms with Gasteiger partial charge in [-0.15, -0.1) is 0 Å². The fourth-order valence-corrected chi connectivity index (χ4v) is 1.71. The lowest BCUT2D eigenvalue weighted by Gasteiger charge is -2.09. The van der Waals surface area contributed by atoms with Crippen molar-refractivity contribution in [2.75, 3.05) is 7.11 Å². The predicted octanol–water partition coefficient (Wildman–Crippen LogP) is 2.20. The van der Waals surface area contributed by atoms with Gasteiger partial charge in [0.1, 0.15) is 5.52 Å². The molecule has 1 unspecified atom stereocenters. The van der Waals surface area contributed by atoms with E-state index >= 15 is 0 Å². The molecule has 0 fully saturated rings. The smallest absolute Gasteiger partial charge is 0.325 e. The summed E-state index contributed by atoms with van der Waals surface area (Å²) < 4.78 is 19.5. The molecule has 1 aromatic heterocycles. The number of nitrogens with zero attached hydrogens (tertiary/aromatic N) is 2. The van der Waals surface area contributed by atoms with Gasteiger partial charge in [0, 0.05) is 19.4 Å². The molecule has 2 rings (SSSR count). The molecule has 0 aliphatic rings. The van der Waals surface area contributed by atoms with Crippen LogP contribution in [0.5, 0.6) is 5.75 Å². The summed E-state index contributed by atoms with van der Waals surface area (Å²) in [5, 5.41) is 11.1. The zero-order valence-corrected chi connectivity index (χ0v) is 11.0. The van der Waals surface area contributed by atoms with Crippen LogP contribution in [0.2, 0.25) is 0 Å². The van der Waals surface area contributed by atoms with Crippen LogP contribution in [0.15, 0.2) is 30.5 Å². The number of non-ortho nitro benzene ring substituents is 1. The highest BCUT2D eigenvalue weighted by Crippen LogP contribution is 2.43. The molecular formula is C10H9N2O7P. The van der Waals surface area contributed by atoms with Crippen molar-refractivity contribution in [2.45, 2.75) is 0 Å². The molecule has 106 valence electrons. The largest absolute Gasteiger partial charge is 0.508 e. The Balaban J connectivity index is 2.43. The predicted molar refractivity (Wildman–Crippen MR) is 66.9 cm³/mol. The number of nitro groups is 1. The zero-order valence-electron chi connectivity index (χ0n) is 10.1. The SMILES string of the molecule is COP(=O)(O)OOc1ccc([N+](=O)[O-])c2cccnc12. The molecule has 9 nitrogen and oxygen atoms in total. The van der Waals surface area contributed by atoms with Crippen molar-refractivity contribution >= 4 is 24.4 Å². The molecule has 1 heterocycles. The number of aromatic nitrogens is 1. The highest BCUT2D eigenvalue weighted by molar-refractivity contribution is 7.47. The van der Waals surface area contributed by atoms with Crippen molar-refractivity contribution in [3.05, 3.63) is 40.6 Å². The third kappa shape index (κ3) is 2.91. The summed E-state index contributed by atoms with van der Waals surface area (Å²) in [6, 6.07) is 5.38. The van der Waals surface area contributed by atoms with Gasteiger partial charge in [0.25, 0.3) is 5.69 Å². The van der Waals surface area contributed by atoms with Crippen molar-refractivity contribution < 1.29 is 28.5 Å². The van der Waals surface area contributed by atoms with E-state index in [2.05, 4.69) is 19.1 Å². The Hall–Kier alpha value is -2.06. The molecule has 0 amide bonds. The molecule has 0 spiro atoms. The maximum atomic E-state index is 11.1. The van der Waals surface area contributed by atoms with E-state index in [4.69, 9.17) is 4.89 Å². The number of phosphoric ester groups is 1. The van der Waals surface area contributed by atoms with E-state index in [1.807, 2.05) is 0 Å². The van der Waals surface area contributed by atoms with Gasteiger partial charge in [0.15, 0.2) is 5.75 Å². The number of pyridine rings is 1. The van der Waals surface area contributed by atoms with Gasteiger partial charge in [-0.3, -0.25) is 19.6 Å². The van der Waals surface area contributed by atoms with Gasteiger partial charge < -0.3 is 9.78 Å². The van der Waals surface area contributed by atoms with Crippen LogP contribution in [0.1, 0.15) is 0 Å². The van der Waals surface area contributed by atoms with Gasteiger partial charge in [0.2, 0.25) is 0 Å². The molecule has 1 aromatic carbocycles. The number of fused-ring (bicyclic) bond motifs is 1. The van der Waals surface area contributed by atoms with Gasteiger partial charge >= 0.3 is 7.82 Å². The summed E-state index contributed by atoms with van der Waals surface area (Å²) in [5.41, 5.74) is -0.0443. The molecular weight excluding hydrogens is 291 g/mol. The average molecular weight is 300 g/mol. The number of hydrogen-bond acceptors (Lipinski definition) is 7. The molecule has 0 aliphatic heterocycles. The van der Waals surface area contributed by atoms with Crippen LogP contribution in [0.4, 0.5) is 5.69 Å². The summed E-state index contributed by atoms with van der Waals surface area (Å²) in [7, 11) is -3.36. The van der Waals surface area contributed by atoms with Crippen LogP contribution in [0.3, 0.4) is 0 Å². The summed E-state index contributed by atoms with van der Waals surface area (Å²) in [4.78, 5) is 28.0. The average Bonchev–Trinajstić information content (AvgIpc) is 2.44. The molecule has 0 saturated heterocycles. The van der Waals surface area contributed by atoms with Gasteiger partial charge in [0.05, 0.1) is 10.3 Å². The second-order valence-electron chi connectivity index (χ2n) is 3.55. The molecule has 20 heavy (non-hydrogen) atoms. The number of rotatable bonds is 5. The maximum Gasteiger partial charge on any atom is 0.508 e. The Bertz CT molecular complexity index is 705. The number of nitro benzene ring substituents is 1. The van der Waals surface area contributed by atoms with E-state index in [0.29, 0.717) is 0 Å². The van der Waals surface area contributed by atoms with Gasteiger partial charge in [-0.1, -0.05) is 4.67 Å². The van der Waals surface area contributed by atoms with E-state index in [0.717, 1.165) is 7.11 Å². The lowest BCUT2D eigenvalue weighted by atomic mass is 10.2. The zero-order chi connectivity index (χ0) is 14.8. The second-order valence-corrected chi connectivity index (χ2v) is 5.00. The van der Waals surface area contributed by atoms with E-state index < -0.39 is 12.7 Å². The standard InChI is InChI=1S/C10H9N2O7P/c1-17-20(15,16)19-18-9-5-4-8(12(13)14)7-3-2-6-11-10(7)9/h2-6H,1H3,(H,15,16). The van der Waals surface area contributed by atoms with E-state index in [-0.39, 0.29) is 22.3 Å².